The van der Waals surface area contributed by atoms with Crippen LogP contribution in [0.5, 0.6) is 5.75 Å². The summed E-state index contributed by atoms with van der Waals surface area (Å²) in [5, 5.41) is 0. The van der Waals surface area contributed by atoms with Crippen molar-refractivity contribution >= 4 is 5.71 Å². The second-order valence-corrected chi connectivity index (χ2v) is 4.92. The van der Waals surface area contributed by atoms with Crippen molar-refractivity contribution in [3.05, 3.63) is 89.8 Å². The minimum Gasteiger partial charge on any atom is -0.459 e. The third kappa shape index (κ3) is 2.65. The first-order chi connectivity index (χ1) is 10.3. The van der Waals surface area contributed by atoms with Gasteiger partial charge in [-0.1, -0.05) is 48.5 Å². The molecule has 0 atom stereocenters. The number of fused-ring (bicyclic) bond motifs is 1. The van der Waals surface area contributed by atoms with Crippen molar-refractivity contribution in [2.75, 3.05) is 0 Å². The lowest BCUT2D eigenvalue weighted by atomic mass is 10.0. The molecule has 0 unspecified atom stereocenters. The summed E-state index contributed by atoms with van der Waals surface area (Å²) < 4.78 is 5.99. The molecule has 0 spiro atoms. The molecule has 21 heavy (non-hydrogen) atoms. The maximum absolute atomic E-state index is 5.99. The molecular weight excluding hydrogens is 258 g/mol. The fraction of sp³-hybridized carbons (Fsp3) is 0.105. The van der Waals surface area contributed by atoms with E-state index in [0.29, 0.717) is 6.42 Å². The van der Waals surface area contributed by atoms with Crippen LogP contribution in [0, 0.1) is 0 Å². The van der Waals surface area contributed by atoms with E-state index < -0.39 is 0 Å². The van der Waals surface area contributed by atoms with Gasteiger partial charge < -0.3 is 4.74 Å². The number of ether oxygens (including phenoxy) is 1. The molecule has 0 fully saturated rings. The van der Waals surface area contributed by atoms with Crippen LogP contribution in [-0.4, -0.2) is 5.71 Å². The highest BCUT2D eigenvalue weighted by Crippen LogP contribution is 2.29. The van der Waals surface area contributed by atoms with Gasteiger partial charge in [-0.25, -0.2) is 4.99 Å². The van der Waals surface area contributed by atoms with Crippen molar-refractivity contribution < 1.29 is 4.74 Å². The van der Waals surface area contributed by atoms with Crippen molar-refractivity contribution in [3.63, 3.8) is 0 Å². The predicted octanol–water partition coefficient (Wildman–Crippen LogP) is 4.72. The summed E-state index contributed by atoms with van der Waals surface area (Å²) in [7, 11) is 0. The minimum atomic E-state index is 0.691. The van der Waals surface area contributed by atoms with Crippen LogP contribution in [0.1, 0.15) is 24.5 Å². The molecule has 2 aromatic rings. The molecule has 2 aromatic carbocycles. The molecule has 0 N–H and O–H groups in total. The van der Waals surface area contributed by atoms with Crippen molar-refractivity contribution in [1.82, 2.24) is 0 Å². The number of benzene rings is 2. The predicted molar refractivity (Wildman–Crippen MR) is 86.7 cm³/mol. The standard InChI is InChI=1S/C19H17NO/c1-3-9-17-14(2)21-18-13-8-7-12-16(18)19(20-17)15-10-5-4-6-11-15/h3-8,10-13H,1,9H2,2H3. The number of rotatable bonds is 3. The molecular formula is C19H17NO. The molecule has 3 rings (SSSR count). The number of nitrogens with zero attached hydrogens (tertiary/aromatic N) is 1. The quantitative estimate of drug-likeness (QED) is 0.742. The van der Waals surface area contributed by atoms with Crippen LogP contribution in [0.2, 0.25) is 0 Å². The van der Waals surface area contributed by atoms with E-state index in [4.69, 9.17) is 9.73 Å². The van der Waals surface area contributed by atoms with Crippen LogP contribution in [0.4, 0.5) is 0 Å². The topological polar surface area (TPSA) is 21.6 Å². The molecule has 2 nitrogen and oxygen atoms in total. The first kappa shape index (κ1) is 13.4. The lowest BCUT2D eigenvalue weighted by Gasteiger charge is -2.09. The lowest BCUT2D eigenvalue weighted by Crippen LogP contribution is -2.03. The number of hydrogen-bond donors (Lipinski definition) is 0. The average Bonchev–Trinajstić information content (AvgIpc) is 2.66. The van der Waals surface area contributed by atoms with Crippen LogP contribution in [0.15, 0.2) is 83.7 Å². The fourth-order valence-electron chi connectivity index (χ4n) is 2.39. The van der Waals surface area contributed by atoms with E-state index in [1.807, 2.05) is 55.5 Å². The second-order valence-electron chi connectivity index (χ2n) is 4.92. The molecule has 0 bridgehead atoms. The summed E-state index contributed by atoms with van der Waals surface area (Å²) in [5.41, 5.74) is 3.96. The Morgan fingerprint density at radius 2 is 1.76 bits per heavy atom. The zero-order valence-electron chi connectivity index (χ0n) is 12.0. The molecule has 0 saturated heterocycles. The molecule has 0 amide bonds. The van der Waals surface area contributed by atoms with E-state index in [0.717, 1.165) is 34.0 Å². The number of hydrogen-bond acceptors (Lipinski definition) is 2. The van der Waals surface area contributed by atoms with Crippen molar-refractivity contribution in [2.45, 2.75) is 13.3 Å². The number of aliphatic imine (C=N–C) groups is 1. The van der Waals surface area contributed by atoms with E-state index in [2.05, 4.69) is 18.7 Å². The molecule has 0 radical (unpaired) electrons. The van der Waals surface area contributed by atoms with Gasteiger partial charge in [0.2, 0.25) is 0 Å². The monoisotopic (exact) mass is 275 g/mol. The largest absolute Gasteiger partial charge is 0.459 e. The van der Waals surface area contributed by atoms with Crippen LogP contribution in [-0.2, 0) is 0 Å². The van der Waals surface area contributed by atoms with Gasteiger partial charge in [-0.15, -0.1) is 6.58 Å². The molecule has 0 saturated carbocycles. The summed E-state index contributed by atoms with van der Waals surface area (Å²) >= 11 is 0. The molecule has 0 aliphatic carbocycles. The maximum atomic E-state index is 5.99. The SMILES string of the molecule is C=CCC1=C(C)Oc2ccccc2C(c2ccccc2)=N1. The van der Waals surface area contributed by atoms with Gasteiger partial charge in [0, 0.05) is 17.5 Å². The van der Waals surface area contributed by atoms with Gasteiger partial charge >= 0.3 is 0 Å². The highest BCUT2D eigenvalue weighted by molar-refractivity contribution is 6.15. The van der Waals surface area contributed by atoms with Crippen LogP contribution < -0.4 is 4.74 Å². The first-order valence-corrected chi connectivity index (χ1v) is 7.01. The van der Waals surface area contributed by atoms with Gasteiger partial charge in [0.15, 0.2) is 0 Å². The van der Waals surface area contributed by atoms with Crippen LogP contribution >= 0.6 is 0 Å². The summed E-state index contributed by atoms with van der Waals surface area (Å²) in [5.74, 6) is 1.67. The molecule has 2 heteroatoms. The van der Waals surface area contributed by atoms with Gasteiger partial charge in [-0.2, -0.15) is 0 Å². The Balaban J connectivity index is 2.22. The first-order valence-electron chi connectivity index (χ1n) is 7.01. The van der Waals surface area contributed by atoms with Crippen molar-refractivity contribution in [3.8, 4) is 5.75 Å². The van der Waals surface area contributed by atoms with Gasteiger partial charge in [-0.05, 0) is 19.1 Å². The summed E-state index contributed by atoms with van der Waals surface area (Å²) in [4.78, 5) is 4.86. The molecule has 1 aliphatic heterocycles. The van der Waals surface area contributed by atoms with Crippen LogP contribution in [0.3, 0.4) is 0 Å². The van der Waals surface area contributed by atoms with Crippen molar-refractivity contribution in [1.29, 1.82) is 0 Å². The third-order valence-corrected chi connectivity index (χ3v) is 3.44. The van der Waals surface area contributed by atoms with Gasteiger partial charge in [0.25, 0.3) is 0 Å². The Bertz CT molecular complexity index is 726. The number of allylic oxidation sites excluding steroid dienone is 2. The third-order valence-electron chi connectivity index (χ3n) is 3.44. The van der Waals surface area contributed by atoms with E-state index in [-0.39, 0.29) is 0 Å². The van der Waals surface area contributed by atoms with Crippen LogP contribution in [0.25, 0.3) is 0 Å². The molecule has 104 valence electrons. The Kier molecular flexibility index (Phi) is 3.69. The van der Waals surface area contributed by atoms with E-state index >= 15 is 0 Å². The average molecular weight is 275 g/mol. The summed E-state index contributed by atoms with van der Waals surface area (Å²) in [6.45, 7) is 5.76. The van der Waals surface area contributed by atoms with E-state index in [1.165, 1.54) is 0 Å². The molecule has 1 aliphatic rings. The summed E-state index contributed by atoms with van der Waals surface area (Å²) in [6, 6.07) is 18.2. The maximum Gasteiger partial charge on any atom is 0.136 e. The highest BCUT2D eigenvalue weighted by atomic mass is 16.5. The second kappa shape index (κ2) is 5.80. The highest BCUT2D eigenvalue weighted by Gasteiger charge is 2.18. The molecule has 1 heterocycles. The smallest absolute Gasteiger partial charge is 0.136 e. The fourth-order valence-corrected chi connectivity index (χ4v) is 2.39. The van der Waals surface area contributed by atoms with E-state index in [9.17, 15) is 0 Å². The Morgan fingerprint density at radius 3 is 2.52 bits per heavy atom. The Labute approximate surface area is 125 Å². The van der Waals surface area contributed by atoms with Gasteiger partial charge in [-0.3, -0.25) is 0 Å². The Hall–Kier alpha value is -2.61. The zero-order chi connectivity index (χ0) is 14.7. The van der Waals surface area contributed by atoms with Crippen molar-refractivity contribution in [2.24, 2.45) is 4.99 Å². The minimum absolute atomic E-state index is 0.691. The molecule has 0 aromatic heterocycles. The number of para-hydroxylation sites is 1. The van der Waals surface area contributed by atoms with Gasteiger partial charge in [0.05, 0.1) is 11.4 Å². The summed E-state index contributed by atoms with van der Waals surface area (Å²) in [6.07, 6.45) is 2.54. The Morgan fingerprint density at radius 1 is 1.05 bits per heavy atom. The normalized spacial score (nSPS) is 13.9. The zero-order valence-corrected chi connectivity index (χ0v) is 12.0. The lowest BCUT2D eigenvalue weighted by molar-refractivity contribution is 0.420. The van der Waals surface area contributed by atoms with Gasteiger partial charge in [0.1, 0.15) is 11.5 Å². The van der Waals surface area contributed by atoms with E-state index in [1.54, 1.807) is 0 Å².